The van der Waals surface area contributed by atoms with E-state index in [9.17, 15) is 9.90 Å². The predicted octanol–water partition coefficient (Wildman–Crippen LogP) is 1.41. The summed E-state index contributed by atoms with van der Waals surface area (Å²) in [5.41, 5.74) is -0.968. The Morgan fingerprint density at radius 3 is 2.27 bits per heavy atom. The van der Waals surface area contributed by atoms with Crippen molar-refractivity contribution in [2.75, 3.05) is 13.1 Å². The summed E-state index contributed by atoms with van der Waals surface area (Å²) in [6.07, 6.45) is 3.52. The zero-order valence-corrected chi connectivity index (χ0v) is 9.70. The molecular formula is C12H21NO2. The molecule has 0 aromatic carbocycles. The number of carbonyl (C=O) groups is 1. The van der Waals surface area contributed by atoms with E-state index in [0.717, 1.165) is 31.8 Å². The van der Waals surface area contributed by atoms with Gasteiger partial charge in [-0.2, -0.15) is 0 Å². The second kappa shape index (κ2) is 3.78. The normalized spacial score (nSPS) is 25.7. The van der Waals surface area contributed by atoms with Gasteiger partial charge in [-0.05, 0) is 37.5 Å². The van der Waals surface area contributed by atoms with Gasteiger partial charge in [0.05, 0.1) is 0 Å². The molecule has 2 aliphatic rings. The number of nitrogens with zero attached hydrogens (tertiary/aromatic N) is 1. The van der Waals surface area contributed by atoms with Gasteiger partial charge in [-0.3, -0.25) is 4.79 Å². The molecule has 86 valence electrons. The van der Waals surface area contributed by atoms with E-state index in [1.165, 1.54) is 0 Å². The maximum absolute atomic E-state index is 11.8. The number of aliphatic hydroxyl groups is 1. The molecule has 0 aromatic rings. The molecule has 3 nitrogen and oxygen atoms in total. The van der Waals surface area contributed by atoms with Gasteiger partial charge in [0.25, 0.3) is 5.91 Å². The van der Waals surface area contributed by atoms with Crippen molar-refractivity contribution in [3.8, 4) is 0 Å². The highest BCUT2D eigenvalue weighted by Gasteiger charge is 2.50. The van der Waals surface area contributed by atoms with Gasteiger partial charge in [0.15, 0.2) is 0 Å². The van der Waals surface area contributed by atoms with Crippen molar-refractivity contribution in [1.82, 2.24) is 4.90 Å². The Bertz CT molecular complexity index is 250. The van der Waals surface area contributed by atoms with E-state index in [-0.39, 0.29) is 5.91 Å². The summed E-state index contributed by atoms with van der Waals surface area (Å²) in [5, 5.41) is 9.73. The first-order valence-corrected chi connectivity index (χ1v) is 6.05. The number of rotatable bonds is 2. The number of hydrogen-bond acceptors (Lipinski definition) is 2. The van der Waals surface area contributed by atoms with Crippen LogP contribution in [0.15, 0.2) is 0 Å². The number of carbonyl (C=O) groups excluding carboxylic acids is 1. The summed E-state index contributed by atoms with van der Waals surface area (Å²) < 4.78 is 0. The lowest BCUT2D eigenvalue weighted by Crippen LogP contribution is -2.45. The fraction of sp³-hybridized carbons (Fsp3) is 0.917. The molecule has 2 rings (SSSR count). The number of piperidine rings is 1. The number of likely N-dealkylation sites (tertiary alicyclic amines) is 1. The average Bonchev–Trinajstić information content (AvgIpc) is 2.97. The summed E-state index contributed by atoms with van der Waals surface area (Å²) in [6, 6.07) is 0. The maximum atomic E-state index is 11.8. The predicted molar refractivity (Wildman–Crippen MR) is 58.3 cm³/mol. The second-order valence-electron chi connectivity index (χ2n) is 5.41. The lowest BCUT2D eigenvalue weighted by atomic mass is 9.86. The summed E-state index contributed by atoms with van der Waals surface area (Å²) >= 11 is 0. The van der Waals surface area contributed by atoms with Crippen LogP contribution in [0.3, 0.4) is 0 Å². The van der Waals surface area contributed by atoms with Crippen molar-refractivity contribution in [1.29, 1.82) is 0 Å². The smallest absolute Gasteiger partial charge is 0.254 e. The minimum Gasteiger partial charge on any atom is -0.380 e. The van der Waals surface area contributed by atoms with Crippen molar-refractivity contribution in [2.45, 2.75) is 45.1 Å². The third-order valence-electron chi connectivity index (χ3n) is 3.89. The maximum Gasteiger partial charge on any atom is 0.254 e. The molecule has 1 N–H and O–H groups in total. The van der Waals surface area contributed by atoms with Crippen LogP contribution < -0.4 is 0 Å². The molecule has 1 aliphatic carbocycles. The first-order valence-electron chi connectivity index (χ1n) is 6.05. The third kappa shape index (κ3) is 2.17. The zero-order chi connectivity index (χ0) is 11.1. The van der Waals surface area contributed by atoms with Crippen molar-refractivity contribution in [2.24, 2.45) is 11.8 Å². The lowest BCUT2D eigenvalue weighted by Gasteiger charge is -2.35. The molecule has 0 spiro atoms. The number of amides is 1. The molecule has 15 heavy (non-hydrogen) atoms. The molecule has 0 aromatic heterocycles. The Balaban J connectivity index is 1.85. The molecule has 0 unspecified atom stereocenters. The van der Waals surface area contributed by atoms with Gasteiger partial charge in [0, 0.05) is 13.1 Å². The van der Waals surface area contributed by atoms with Gasteiger partial charge >= 0.3 is 0 Å². The molecule has 0 bridgehead atoms. The first kappa shape index (κ1) is 10.9. The summed E-state index contributed by atoms with van der Waals surface area (Å²) in [6.45, 7) is 6.17. The van der Waals surface area contributed by atoms with Crippen molar-refractivity contribution < 1.29 is 9.90 Å². The molecule has 1 aliphatic heterocycles. The molecule has 1 saturated heterocycles. The molecule has 0 atom stereocenters. The molecule has 2 fully saturated rings. The van der Waals surface area contributed by atoms with Crippen LogP contribution in [0, 0.1) is 11.8 Å². The van der Waals surface area contributed by atoms with Gasteiger partial charge in [0.1, 0.15) is 5.60 Å². The van der Waals surface area contributed by atoms with Crippen LogP contribution in [0.4, 0.5) is 0 Å². The zero-order valence-electron chi connectivity index (χ0n) is 9.70. The molecule has 1 heterocycles. The molecule has 0 radical (unpaired) electrons. The van der Waals surface area contributed by atoms with E-state index in [2.05, 4.69) is 13.8 Å². The van der Waals surface area contributed by atoms with Crippen LogP contribution in [-0.2, 0) is 4.79 Å². The highest BCUT2D eigenvalue weighted by atomic mass is 16.3. The highest BCUT2D eigenvalue weighted by molar-refractivity contribution is 5.87. The van der Waals surface area contributed by atoms with Crippen LogP contribution in [0.5, 0.6) is 0 Å². The Kier molecular flexibility index (Phi) is 2.75. The topological polar surface area (TPSA) is 40.5 Å². The summed E-state index contributed by atoms with van der Waals surface area (Å²) in [4.78, 5) is 13.7. The van der Waals surface area contributed by atoms with E-state index in [1.54, 1.807) is 0 Å². The van der Waals surface area contributed by atoms with Crippen LogP contribution in [0.2, 0.25) is 0 Å². The Morgan fingerprint density at radius 2 is 1.87 bits per heavy atom. The largest absolute Gasteiger partial charge is 0.380 e. The fourth-order valence-electron chi connectivity index (χ4n) is 2.40. The average molecular weight is 211 g/mol. The summed E-state index contributed by atoms with van der Waals surface area (Å²) in [5.74, 6) is 1.44. The van der Waals surface area contributed by atoms with E-state index >= 15 is 0 Å². The molecule has 1 amide bonds. The van der Waals surface area contributed by atoms with E-state index in [1.807, 2.05) is 4.90 Å². The van der Waals surface area contributed by atoms with Gasteiger partial charge in [0.2, 0.25) is 0 Å². The van der Waals surface area contributed by atoms with Crippen molar-refractivity contribution >= 4 is 5.91 Å². The van der Waals surface area contributed by atoms with Crippen molar-refractivity contribution in [3.63, 3.8) is 0 Å². The minimum absolute atomic E-state index is 0.0234. The third-order valence-corrected chi connectivity index (χ3v) is 3.89. The van der Waals surface area contributed by atoms with E-state index < -0.39 is 5.60 Å². The van der Waals surface area contributed by atoms with Crippen molar-refractivity contribution in [3.05, 3.63) is 0 Å². The Labute approximate surface area is 91.5 Å². The van der Waals surface area contributed by atoms with Crippen LogP contribution in [0.25, 0.3) is 0 Å². The lowest BCUT2D eigenvalue weighted by molar-refractivity contribution is -0.144. The number of hydrogen-bond donors (Lipinski definition) is 1. The Morgan fingerprint density at radius 1 is 1.33 bits per heavy atom. The molecule has 1 saturated carbocycles. The van der Waals surface area contributed by atoms with Crippen LogP contribution >= 0.6 is 0 Å². The van der Waals surface area contributed by atoms with Gasteiger partial charge in [-0.1, -0.05) is 13.8 Å². The Hall–Kier alpha value is -0.570. The molecular weight excluding hydrogens is 190 g/mol. The quantitative estimate of drug-likeness (QED) is 0.750. The summed E-state index contributed by atoms with van der Waals surface area (Å²) in [7, 11) is 0. The van der Waals surface area contributed by atoms with E-state index in [0.29, 0.717) is 18.8 Å². The minimum atomic E-state index is -0.968. The van der Waals surface area contributed by atoms with Gasteiger partial charge in [-0.25, -0.2) is 0 Å². The monoisotopic (exact) mass is 211 g/mol. The van der Waals surface area contributed by atoms with Crippen LogP contribution in [0.1, 0.15) is 39.5 Å². The molecule has 3 heteroatoms. The first-order chi connectivity index (χ1) is 7.03. The van der Waals surface area contributed by atoms with Gasteiger partial charge < -0.3 is 10.0 Å². The SMILES string of the molecule is CC(C)C1CCN(C(=O)C2(O)CC2)CC1. The van der Waals surface area contributed by atoms with E-state index in [4.69, 9.17) is 0 Å². The van der Waals surface area contributed by atoms with Gasteiger partial charge in [-0.15, -0.1) is 0 Å². The fourth-order valence-corrected chi connectivity index (χ4v) is 2.40. The highest BCUT2D eigenvalue weighted by Crippen LogP contribution is 2.38. The second-order valence-corrected chi connectivity index (χ2v) is 5.41. The van der Waals surface area contributed by atoms with Crippen LogP contribution in [-0.4, -0.2) is 34.6 Å². The standard InChI is InChI=1S/C12H21NO2/c1-9(2)10-3-7-13(8-4-10)11(14)12(15)5-6-12/h9-10,15H,3-8H2,1-2H3.